The molecule has 30 heavy (non-hydrogen) atoms. The molecule has 0 unspecified atom stereocenters. The number of nitrogens with zero attached hydrogens (tertiary/aromatic N) is 6. The molecule has 3 aromatic heterocycles. The van der Waals surface area contributed by atoms with Crippen molar-refractivity contribution in [2.75, 3.05) is 23.7 Å². The third-order valence-corrected chi connectivity index (χ3v) is 5.61. The monoisotopic (exact) mass is 405 g/mol. The Morgan fingerprint density at radius 1 is 1.00 bits per heavy atom. The second-order valence-corrected chi connectivity index (χ2v) is 7.43. The Labute approximate surface area is 171 Å². The number of anilines is 2. The van der Waals surface area contributed by atoms with E-state index in [4.69, 9.17) is 10.7 Å². The van der Waals surface area contributed by atoms with Gasteiger partial charge >= 0.3 is 0 Å². The van der Waals surface area contributed by atoms with Gasteiger partial charge in [0.1, 0.15) is 12.1 Å². The number of rotatable bonds is 3. The normalized spacial score (nSPS) is 16.1. The first-order valence-corrected chi connectivity index (χ1v) is 9.68. The molecule has 4 aromatic rings. The lowest BCUT2D eigenvalue weighted by molar-refractivity contribution is 0.0115. The van der Waals surface area contributed by atoms with Crippen LogP contribution in [0.25, 0.3) is 16.9 Å². The Kier molecular flexibility index (Phi) is 4.32. The maximum atomic E-state index is 13.2. The summed E-state index contributed by atoms with van der Waals surface area (Å²) in [6.45, 7) is 1.09. The summed E-state index contributed by atoms with van der Waals surface area (Å²) < 4.78 is 15.1. The highest BCUT2D eigenvalue weighted by molar-refractivity contribution is 5.84. The molecular weight excluding hydrogens is 385 g/mol. The van der Waals surface area contributed by atoms with Crippen LogP contribution in [0.5, 0.6) is 0 Å². The summed E-state index contributed by atoms with van der Waals surface area (Å²) >= 11 is 0. The zero-order valence-electron chi connectivity index (χ0n) is 16.1. The molecule has 0 atom stereocenters. The third-order valence-electron chi connectivity index (χ3n) is 5.61. The number of hydrogen-bond acceptors (Lipinski definition) is 7. The SMILES string of the molecule is Nc1nc(N2CCC(O)(c3ccc(F)cc3)CC2)nc2c1ncn2-c1ccncc1. The minimum Gasteiger partial charge on any atom is -0.385 e. The molecule has 4 heterocycles. The van der Waals surface area contributed by atoms with Gasteiger partial charge in [-0.1, -0.05) is 12.1 Å². The van der Waals surface area contributed by atoms with Crippen molar-refractivity contribution < 1.29 is 9.50 Å². The van der Waals surface area contributed by atoms with Gasteiger partial charge < -0.3 is 15.7 Å². The van der Waals surface area contributed by atoms with Crippen molar-refractivity contribution in [1.82, 2.24) is 24.5 Å². The first-order chi connectivity index (χ1) is 14.5. The summed E-state index contributed by atoms with van der Waals surface area (Å²) in [4.78, 5) is 19.5. The molecule has 0 spiro atoms. The van der Waals surface area contributed by atoms with Crippen LogP contribution in [0.15, 0.2) is 55.1 Å². The van der Waals surface area contributed by atoms with Crippen molar-refractivity contribution >= 4 is 22.9 Å². The minimum atomic E-state index is -1.00. The maximum Gasteiger partial charge on any atom is 0.229 e. The Hall–Kier alpha value is -3.59. The van der Waals surface area contributed by atoms with Gasteiger partial charge in [-0.05, 0) is 42.7 Å². The highest BCUT2D eigenvalue weighted by atomic mass is 19.1. The van der Waals surface area contributed by atoms with Gasteiger partial charge in [0.05, 0.1) is 11.3 Å². The second kappa shape index (κ2) is 7.03. The molecule has 0 saturated carbocycles. The molecule has 0 aliphatic carbocycles. The predicted octanol–water partition coefficient (Wildman–Crippen LogP) is 2.42. The molecule has 1 fully saturated rings. The Morgan fingerprint density at radius 3 is 2.40 bits per heavy atom. The molecule has 3 N–H and O–H groups in total. The smallest absolute Gasteiger partial charge is 0.229 e. The summed E-state index contributed by atoms with van der Waals surface area (Å²) in [5.74, 6) is 0.488. The van der Waals surface area contributed by atoms with E-state index in [-0.39, 0.29) is 5.82 Å². The first kappa shape index (κ1) is 18.4. The van der Waals surface area contributed by atoms with Crippen LogP contribution in [0.4, 0.5) is 16.2 Å². The molecule has 1 aliphatic heterocycles. The fourth-order valence-electron chi connectivity index (χ4n) is 3.87. The summed E-state index contributed by atoms with van der Waals surface area (Å²) in [7, 11) is 0. The van der Waals surface area contributed by atoms with E-state index >= 15 is 0 Å². The van der Waals surface area contributed by atoms with Gasteiger partial charge in [0.25, 0.3) is 0 Å². The average Bonchev–Trinajstić information content (AvgIpc) is 3.20. The molecule has 0 radical (unpaired) electrons. The van der Waals surface area contributed by atoms with Crippen LogP contribution in [0, 0.1) is 5.82 Å². The number of fused-ring (bicyclic) bond motifs is 1. The van der Waals surface area contributed by atoms with Crippen molar-refractivity contribution in [1.29, 1.82) is 0 Å². The van der Waals surface area contributed by atoms with Crippen LogP contribution in [-0.4, -0.2) is 42.7 Å². The van der Waals surface area contributed by atoms with Gasteiger partial charge in [0, 0.05) is 25.5 Å². The van der Waals surface area contributed by atoms with Crippen molar-refractivity contribution in [2.45, 2.75) is 18.4 Å². The molecule has 1 saturated heterocycles. The Morgan fingerprint density at radius 2 is 1.70 bits per heavy atom. The number of aromatic nitrogens is 5. The van der Waals surface area contributed by atoms with E-state index in [0.29, 0.717) is 48.9 Å². The summed E-state index contributed by atoms with van der Waals surface area (Å²) in [5, 5.41) is 11.0. The fraction of sp³-hybridized carbons (Fsp3) is 0.238. The lowest BCUT2D eigenvalue weighted by Gasteiger charge is -2.38. The Bertz CT molecular complexity index is 1190. The molecule has 0 amide bonds. The number of benzene rings is 1. The van der Waals surface area contributed by atoms with Crippen LogP contribution >= 0.6 is 0 Å². The molecular formula is C21H20FN7O. The summed E-state index contributed by atoms with van der Waals surface area (Å²) in [6.07, 6.45) is 6.02. The van der Waals surface area contributed by atoms with E-state index in [9.17, 15) is 9.50 Å². The lowest BCUT2D eigenvalue weighted by atomic mass is 9.84. The fourth-order valence-corrected chi connectivity index (χ4v) is 3.87. The molecule has 152 valence electrons. The minimum absolute atomic E-state index is 0.308. The maximum absolute atomic E-state index is 13.2. The van der Waals surface area contributed by atoms with E-state index in [1.54, 1.807) is 30.9 Å². The molecule has 0 bridgehead atoms. The van der Waals surface area contributed by atoms with Crippen LogP contribution in [0.2, 0.25) is 0 Å². The van der Waals surface area contributed by atoms with E-state index in [2.05, 4.69) is 15.0 Å². The number of imidazole rings is 1. The van der Waals surface area contributed by atoms with Crippen LogP contribution in [-0.2, 0) is 5.60 Å². The van der Waals surface area contributed by atoms with Gasteiger partial charge in [-0.25, -0.2) is 9.37 Å². The average molecular weight is 405 g/mol. The van der Waals surface area contributed by atoms with Crippen LogP contribution < -0.4 is 10.6 Å². The second-order valence-electron chi connectivity index (χ2n) is 7.43. The van der Waals surface area contributed by atoms with Crippen LogP contribution in [0.1, 0.15) is 18.4 Å². The van der Waals surface area contributed by atoms with E-state index < -0.39 is 5.60 Å². The van der Waals surface area contributed by atoms with Gasteiger partial charge in [-0.2, -0.15) is 9.97 Å². The molecule has 8 nitrogen and oxygen atoms in total. The van der Waals surface area contributed by atoms with Crippen LogP contribution in [0.3, 0.4) is 0 Å². The third kappa shape index (κ3) is 3.13. The molecule has 1 aromatic carbocycles. The van der Waals surface area contributed by atoms with Gasteiger partial charge in [0.15, 0.2) is 17.0 Å². The van der Waals surface area contributed by atoms with Gasteiger partial charge in [0.2, 0.25) is 5.95 Å². The summed E-state index contributed by atoms with van der Waals surface area (Å²) in [6, 6.07) is 9.75. The first-order valence-electron chi connectivity index (χ1n) is 9.68. The van der Waals surface area contributed by atoms with Gasteiger partial charge in [-0.3, -0.25) is 9.55 Å². The number of piperidine rings is 1. The quantitative estimate of drug-likeness (QED) is 0.539. The topological polar surface area (TPSA) is 106 Å². The molecule has 5 rings (SSSR count). The standard InChI is InChI=1S/C21H20FN7O/c22-15-3-1-14(2-4-15)21(30)7-11-28(12-8-21)20-26-18(23)17-19(27-20)29(13-25-17)16-5-9-24-10-6-16/h1-6,9-10,13,30H,7-8,11-12H2,(H2,23,26,27). The lowest BCUT2D eigenvalue weighted by Crippen LogP contribution is -2.43. The predicted molar refractivity (Wildman–Crippen MR) is 111 cm³/mol. The number of hydrogen-bond donors (Lipinski definition) is 2. The van der Waals surface area contributed by atoms with Crippen molar-refractivity contribution in [3.05, 3.63) is 66.5 Å². The van der Waals surface area contributed by atoms with Gasteiger partial charge in [-0.15, -0.1) is 0 Å². The highest BCUT2D eigenvalue weighted by Gasteiger charge is 2.35. The van der Waals surface area contributed by atoms with Crippen molar-refractivity contribution in [3.63, 3.8) is 0 Å². The number of nitrogen functional groups attached to an aromatic ring is 1. The number of aliphatic hydroxyl groups is 1. The largest absolute Gasteiger partial charge is 0.385 e. The Balaban J connectivity index is 1.44. The van der Waals surface area contributed by atoms with E-state index in [1.807, 2.05) is 21.6 Å². The van der Waals surface area contributed by atoms with E-state index in [0.717, 1.165) is 11.3 Å². The van der Waals surface area contributed by atoms with E-state index in [1.165, 1.54) is 12.1 Å². The number of pyridine rings is 1. The highest BCUT2D eigenvalue weighted by Crippen LogP contribution is 2.34. The zero-order valence-corrected chi connectivity index (χ0v) is 16.1. The number of nitrogens with two attached hydrogens (primary N) is 1. The zero-order chi connectivity index (χ0) is 20.7. The van der Waals surface area contributed by atoms with Crippen molar-refractivity contribution in [3.8, 4) is 5.69 Å². The number of halogens is 1. The summed E-state index contributed by atoms with van der Waals surface area (Å²) in [5.41, 5.74) is 7.91. The molecule has 9 heteroatoms. The molecule has 1 aliphatic rings. The van der Waals surface area contributed by atoms with Crippen molar-refractivity contribution in [2.24, 2.45) is 0 Å².